The maximum atomic E-state index is 13.9. The highest BCUT2D eigenvalue weighted by Gasteiger charge is 2.27. The van der Waals surface area contributed by atoms with Crippen LogP contribution in [-0.2, 0) is 6.42 Å². The lowest BCUT2D eigenvalue weighted by atomic mass is 9.98. The number of aromatic nitrogens is 2. The summed E-state index contributed by atoms with van der Waals surface area (Å²) in [5.74, 6) is -0.0909. The molecule has 1 atom stereocenters. The summed E-state index contributed by atoms with van der Waals surface area (Å²) >= 11 is 0. The monoisotopic (exact) mass is 453 g/mol. The normalized spacial score (nSPS) is 12.6. The largest absolute Gasteiger partial charge is 0.345 e. The van der Waals surface area contributed by atoms with Crippen molar-refractivity contribution in [2.45, 2.75) is 52.5 Å². The molecular formula is C30H35N3O. The summed E-state index contributed by atoms with van der Waals surface area (Å²) in [6.45, 7) is 10.1. The van der Waals surface area contributed by atoms with E-state index in [0.29, 0.717) is 17.7 Å². The number of benzene rings is 2. The molecule has 1 heterocycles. The van der Waals surface area contributed by atoms with E-state index in [4.69, 9.17) is 5.10 Å². The number of carbonyl (C=O) groups excluding carboxylic acids is 1. The highest BCUT2D eigenvalue weighted by atomic mass is 16.1. The van der Waals surface area contributed by atoms with Gasteiger partial charge in [0.05, 0.1) is 23.0 Å². The van der Waals surface area contributed by atoms with Crippen molar-refractivity contribution in [3.63, 3.8) is 0 Å². The second kappa shape index (κ2) is 12.5. The van der Waals surface area contributed by atoms with E-state index < -0.39 is 0 Å². The number of nitrogens with zero attached hydrogens (tertiary/aromatic N) is 2. The zero-order chi connectivity index (χ0) is 24.3. The second-order valence-corrected chi connectivity index (χ2v) is 8.21. The first-order chi connectivity index (χ1) is 16.6. The average molecular weight is 454 g/mol. The number of carbonyl (C=O) groups is 1. The molecule has 3 rings (SSSR count). The Morgan fingerprint density at radius 1 is 1.09 bits per heavy atom. The molecule has 0 aliphatic heterocycles. The van der Waals surface area contributed by atoms with Crippen LogP contribution in [0, 0.1) is 0 Å². The number of para-hydroxylation sites is 1. The number of rotatable bonds is 11. The van der Waals surface area contributed by atoms with Gasteiger partial charge in [0, 0.05) is 0 Å². The molecule has 1 N–H and O–H groups in total. The van der Waals surface area contributed by atoms with E-state index in [1.807, 2.05) is 72.3 Å². The first-order valence-corrected chi connectivity index (χ1v) is 12.1. The fraction of sp³-hybridized carbons (Fsp3) is 0.267. The lowest BCUT2D eigenvalue weighted by molar-refractivity contribution is 0.0934. The fourth-order valence-electron chi connectivity index (χ4n) is 4.13. The van der Waals surface area contributed by atoms with E-state index in [0.717, 1.165) is 41.8 Å². The van der Waals surface area contributed by atoms with Gasteiger partial charge in [0.1, 0.15) is 5.69 Å². The van der Waals surface area contributed by atoms with Gasteiger partial charge in [0.15, 0.2) is 0 Å². The molecule has 1 aromatic heterocycles. The summed E-state index contributed by atoms with van der Waals surface area (Å²) < 4.78 is 1.93. The van der Waals surface area contributed by atoms with Crippen LogP contribution in [0.1, 0.15) is 73.4 Å². The molecule has 1 unspecified atom stereocenters. The molecule has 0 aliphatic rings. The topological polar surface area (TPSA) is 46.9 Å². The standard InChI is InChI=1S/C30H35N3O/c1-5-9-18-24(16-6-2)29-28(30(34)31-26(8-4)23-19-12-10-13-20-23)27(17-7-3)33(32-29)25-21-14-11-15-22-25/h5-6,9-16,19-22,26H,2,7-8,17-18H2,1,3-4H3,(H,31,34)/b9-5-,24-16+. The Balaban J connectivity index is 2.17. The number of hydrogen-bond donors (Lipinski definition) is 1. The molecule has 0 bridgehead atoms. The Morgan fingerprint density at radius 2 is 1.76 bits per heavy atom. The summed E-state index contributed by atoms with van der Waals surface area (Å²) in [6.07, 6.45) is 10.9. The van der Waals surface area contributed by atoms with Crippen LogP contribution in [0.25, 0.3) is 11.3 Å². The molecule has 4 heteroatoms. The van der Waals surface area contributed by atoms with Gasteiger partial charge >= 0.3 is 0 Å². The Kier molecular flexibility index (Phi) is 9.21. The molecule has 0 fully saturated rings. The predicted octanol–water partition coefficient (Wildman–Crippen LogP) is 7.24. The van der Waals surface area contributed by atoms with Crippen molar-refractivity contribution < 1.29 is 4.79 Å². The number of nitrogens with one attached hydrogen (secondary N) is 1. The van der Waals surface area contributed by atoms with Gasteiger partial charge in [0.2, 0.25) is 0 Å². The Hall–Kier alpha value is -3.66. The van der Waals surface area contributed by atoms with E-state index >= 15 is 0 Å². The first kappa shape index (κ1) is 25.0. The van der Waals surface area contributed by atoms with E-state index in [2.05, 4.69) is 44.0 Å². The Labute approximate surface area is 203 Å². The van der Waals surface area contributed by atoms with Crippen LogP contribution in [-0.4, -0.2) is 15.7 Å². The van der Waals surface area contributed by atoms with Crippen molar-refractivity contribution in [2.24, 2.45) is 0 Å². The van der Waals surface area contributed by atoms with Gasteiger partial charge in [-0.1, -0.05) is 99.7 Å². The molecule has 1 amide bonds. The lowest BCUT2D eigenvalue weighted by Crippen LogP contribution is -2.29. The van der Waals surface area contributed by atoms with Gasteiger partial charge in [0.25, 0.3) is 5.91 Å². The zero-order valence-electron chi connectivity index (χ0n) is 20.5. The third-order valence-corrected chi connectivity index (χ3v) is 5.81. The summed E-state index contributed by atoms with van der Waals surface area (Å²) in [5.41, 5.74) is 5.31. The quantitative estimate of drug-likeness (QED) is 0.246. The predicted molar refractivity (Wildman–Crippen MR) is 142 cm³/mol. The van der Waals surface area contributed by atoms with Gasteiger partial charge in [-0.15, -0.1) is 0 Å². The maximum absolute atomic E-state index is 13.9. The van der Waals surface area contributed by atoms with Crippen LogP contribution in [0.5, 0.6) is 0 Å². The molecular weight excluding hydrogens is 418 g/mol. The third-order valence-electron chi connectivity index (χ3n) is 5.81. The first-order valence-electron chi connectivity index (χ1n) is 12.1. The van der Waals surface area contributed by atoms with Crippen LogP contribution in [0.15, 0.2) is 91.5 Å². The molecule has 4 nitrogen and oxygen atoms in total. The second-order valence-electron chi connectivity index (χ2n) is 8.21. The van der Waals surface area contributed by atoms with Crippen LogP contribution < -0.4 is 5.32 Å². The van der Waals surface area contributed by atoms with E-state index in [-0.39, 0.29) is 11.9 Å². The minimum Gasteiger partial charge on any atom is -0.345 e. The molecule has 34 heavy (non-hydrogen) atoms. The van der Waals surface area contributed by atoms with E-state index in [9.17, 15) is 4.79 Å². The van der Waals surface area contributed by atoms with Crippen molar-refractivity contribution >= 4 is 11.5 Å². The number of amides is 1. The van der Waals surface area contributed by atoms with Crippen LogP contribution >= 0.6 is 0 Å². The maximum Gasteiger partial charge on any atom is 0.255 e. The highest BCUT2D eigenvalue weighted by molar-refractivity contribution is 6.00. The van der Waals surface area contributed by atoms with Crippen LogP contribution in [0.3, 0.4) is 0 Å². The molecule has 0 saturated carbocycles. The van der Waals surface area contributed by atoms with Crippen molar-refractivity contribution in [3.05, 3.63) is 114 Å². The summed E-state index contributed by atoms with van der Waals surface area (Å²) in [5, 5.41) is 8.30. The third kappa shape index (κ3) is 5.82. The Bertz CT molecular complexity index is 1140. The molecule has 0 spiro atoms. The molecule has 0 radical (unpaired) electrons. The highest BCUT2D eigenvalue weighted by Crippen LogP contribution is 2.29. The Morgan fingerprint density at radius 3 is 2.35 bits per heavy atom. The van der Waals surface area contributed by atoms with Crippen molar-refractivity contribution in [1.29, 1.82) is 0 Å². The average Bonchev–Trinajstić information content (AvgIpc) is 3.25. The van der Waals surface area contributed by atoms with Crippen LogP contribution in [0.4, 0.5) is 0 Å². The van der Waals surface area contributed by atoms with Crippen LogP contribution in [0.2, 0.25) is 0 Å². The zero-order valence-corrected chi connectivity index (χ0v) is 20.5. The smallest absolute Gasteiger partial charge is 0.255 e. The summed E-state index contributed by atoms with van der Waals surface area (Å²) in [6, 6.07) is 20.1. The minimum atomic E-state index is -0.0909. The number of hydrogen-bond acceptors (Lipinski definition) is 2. The minimum absolute atomic E-state index is 0.0709. The van der Waals surface area contributed by atoms with Gasteiger partial charge in [-0.05, 0) is 49.5 Å². The fourth-order valence-corrected chi connectivity index (χ4v) is 4.13. The summed E-state index contributed by atoms with van der Waals surface area (Å²) in [7, 11) is 0. The SMILES string of the molecule is C=C/C=C(\C/C=C\C)c1nn(-c2ccccc2)c(CCC)c1C(=O)NC(CC)c1ccccc1. The molecule has 176 valence electrons. The van der Waals surface area contributed by atoms with Gasteiger partial charge in [-0.25, -0.2) is 4.68 Å². The van der Waals surface area contributed by atoms with Crippen molar-refractivity contribution in [1.82, 2.24) is 15.1 Å². The van der Waals surface area contributed by atoms with E-state index in [1.165, 1.54) is 0 Å². The van der Waals surface area contributed by atoms with Gasteiger partial charge in [-0.3, -0.25) is 4.79 Å². The van der Waals surface area contributed by atoms with Gasteiger partial charge in [-0.2, -0.15) is 5.10 Å². The molecule has 2 aromatic carbocycles. The molecule has 0 saturated heterocycles. The summed E-state index contributed by atoms with van der Waals surface area (Å²) in [4.78, 5) is 13.9. The van der Waals surface area contributed by atoms with Crippen molar-refractivity contribution in [2.75, 3.05) is 0 Å². The van der Waals surface area contributed by atoms with E-state index in [1.54, 1.807) is 6.08 Å². The molecule has 0 aliphatic carbocycles. The van der Waals surface area contributed by atoms with Crippen molar-refractivity contribution in [3.8, 4) is 5.69 Å². The van der Waals surface area contributed by atoms with Gasteiger partial charge < -0.3 is 5.32 Å². The molecule has 3 aromatic rings. The lowest BCUT2D eigenvalue weighted by Gasteiger charge is -2.18. The number of allylic oxidation sites excluding steroid dienone is 5.